The Morgan fingerprint density at radius 1 is 1.36 bits per heavy atom. The largest absolute Gasteiger partial charge is 0.421 e. The summed E-state index contributed by atoms with van der Waals surface area (Å²) >= 11 is 7.53. The highest BCUT2D eigenvalue weighted by atomic mass is 35.5. The number of carbonyl (C=O) groups excluding carboxylic acids is 1. The van der Waals surface area contributed by atoms with Crippen molar-refractivity contribution in [2.75, 3.05) is 7.05 Å². The van der Waals surface area contributed by atoms with E-state index in [-0.39, 0.29) is 18.9 Å². The molecule has 0 radical (unpaired) electrons. The molecule has 0 bridgehead atoms. The van der Waals surface area contributed by atoms with Gasteiger partial charge >= 0.3 is 0 Å². The molecule has 0 saturated carbocycles. The number of amides is 1. The van der Waals surface area contributed by atoms with Gasteiger partial charge in [0.05, 0.1) is 0 Å². The molecule has 3 rings (SSSR count). The Bertz CT molecular complexity index is 846. The van der Waals surface area contributed by atoms with Crippen molar-refractivity contribution in [3.8, 4) is 11.5 Å². The van der Waals surface area contributed by atoms with Crippen LogP contribution in [0.25, 0.3) is 11.5 Å². The SMILES string of the molecule is CN(Cc1c(F)cccc1Cl)C(=O)CCc1nnc(-c2ccsc2)o1. The molecule has 2 heterocycles. The number of aryl methyl sites for hydroxylation is 1. The van der Waals surface area contributed by atoms with Gasteiger partial charge in [-0.05, 0) is 23.6 Å². The Morgan fingerprint density at radius 3 is 2.92 bits per heavy atom. The van der Waals surface area contributed by atoms with Gasteiger partial charge < -0.3 is 9.32 Å². The summed E-state index contributed by atoms with van der Waals surface area (Å²) in [6.07, 6.45) is 0.513. The lowest BCUT2D eigenvalue weighted by molar-refractivity contribution is -0.130. The predicted octanol–water partition coefficient (Wildman–Crippen LogP) is 4.18. The summed E-state index contributed by atoms with van der Waals surface area (Å²) in [5, 5.41) is 12.1. The van der Waals surface area contributed by atoms with E-state index in [9.17, 15) is 9.18 Å². The first-order valence-corrected chi connectivity index (χ1v) is 8.88. The van der Waals surface area contributed by atoms with Crippen molar-refractivity contribution in [1.29, 1.82) is 0 Å². The number of rotatable bonds is 6. The van der Waals surface area contributed by atoms with E-state index in [2.05, 4.69) is 10.2 Å². The average Bonchev–Trinajstić information content (AvgIpc) is 3.26. The highest BCUT2D eigenvalue weighted by Gasteiger charge is 2.16. The van der Waals surface area contributed by atoms with Gasteiger partial charge in [0.25, 0.3) is 0 Å². The van der Waals surface area contributed by atoms with Crippen LogP contribution in [0.5, 0.6) is 0 Å². The summed E-state index contributed by atoms with van der Waals surface area (Å²) in [6, 6.07) is 6.34. The summed E-state index contributed by atoms with van der Waals surface area (Å²) in [6.45, 7) is 0.105. The van der Waals surface area contributed by atoms with E-state index in [1.807, 2.05) is 16.8 Å². The first kappa shape index (κ1) is 17.6. The zero-order valence-electron chi connectivity index (χ0n) is 13.4. The van der Waals surface area contributed by atoms with Gasteiger partial charge in [-0.3, -0.25) is 4.79 Å². The van der Waals surface area contributed by atoms with Gasteiger partial charge in [-0.15, -0.1) is 10.2 Å². The third kappa shape index (κ3) is 4.24. The Hall–Kier alpha value is -2.25. The monoisotopic (exact) mass is 379 g/mol. The van der Waals surface area contributed by atoms with Crippen molar-refractivity contribution < 1.29 is 13.6 Å². The predicted molar refractivity (Wildman–Crippen MR) is 93.8 cm³/mol. The number of hydrogen-bond donors (Lipinski definition) is 0. The molecule has 3 aromatic rings. The van der Waals surface area contributed by atoms with Gasteiger partial charge in [0.2, 0.25) is 17.7 Å². The van der Waals surface area contributed by atoms with E-state index in [1.54, 1.807) is 13.1 Å². The van der Waals surface area contributed by atoms with Crippen molar-refractivity contribution in [3.63, 3.8) is 0 Å². The summed E-state index contributed by atoms with van der Waals surface area (Å²) < 4.78 is 19.4. The third-order valence-electron chi connectivity index (χ3n) is 3.67. The molecule has 5 nitrogen and oxygen atoms in total. The second-order valence-corrected chi connectivity index (χ2v) is 6.65. The summed E-state index contributed by atoms with van der Waals surface area (Å²) in [5.74, 6) is 0.251. The molecule has 0 aliphatic carbocycles. The molecule has 1 aromatic carbocycles. The first-order valence-electron chi connectivity index (χ1n) is 7.56. The van der Waals surface area contributed by atoms with E-state index in [0.29, 0.717) is 28.8 Å². The molecule has 0 fully saturated rings. The summed E-state index contributed by atoms with van der Waals surface area (Å²) in [4.78, 5) is 13.7. The normalized spacial score (nSPS) is 10.8. The molecule has 0 saturated heterocycles. The van der Waals surface area contributed by atoms with Crippen LogP contribution in [0.15, 0.2) is 39.4 Å². The van der Waals surface area contributed by atoms with Crippen LogP contribution in [0, 0.1) is 5.82 Å². The molecule has 1 amide bonds. The maximum atomic E-state index is 13.8. The molecule has 8 heteroatoms. The van der Waals surface area contributed by atoms with Gasteiger partial charge in [0.1, 0.15) is 5.82 Å². The van der Waals surface area contributed by atoms with Gasteiger partial charge in [-0.2, -0.15) is 11.3 Å². The molecule has 0 aliphatic rings. The van der Waals surface area contributed by atoms with Crippen molar-refractivity contribution in [2.24, 2.45) is 0 Å². The smallest absolute Gasteiger partial charge is 0.248 e. The lowest BCUT2D eigenvalue weighted by Crippen LogP contribution is -2.27. The maximum absolute atomic E-state index is 13.8. The van der Waals surface area contributed by atoms with E-state index in [0.717, 1.165) is 5.56 Å². The molecule has 130 valence electrons. The minimum atomic E-state index is -0.426. The van der Waals surface area contributed by atoms with Crippen LogP contribution in [-0.4, -0.2) is 28.1 Å². The zero-order chi connectivity index (χ0) is 17.8. The summed E-state index contributed by atoms with van der Waals surface area (Å²) in [5.41, 5.74) is 1.17. The van der Waals surface area contributed by atoms with E-state index in [1.165, 1.54) is 28.4 Å². The van der Waals surface area contributed by atoms with Crippen molar-refractivity contribution >= 4 is 28.8 Å². The lowest BCUT2D eigenvalue weighted by Gasteiger charge is -2.18. The number of aromatic nitrogens is 2. The fourth-order valence-electron chi connectivity index (χ4n) is 2.27. The van der Waals surface area contributed by atoms with E-state index >= 15 is 0 Å². The zero-order valence-corrected chi connectivity index (χ0v) is 15.0. The standard InChI is InChI=1S/C17H15ClFN3O2S/c1-22(9-12-13(18)3-2-4-14(12)19)16(23)6-5-15-20-21-17(24-15)11-7-8-25-10-11/h2-4,7-8,10H,5-6,9H2,1H3. The first-order chi connectivity index (χ1) is 12.0. The highest BCUT2D eigenvalue weighted by molar-refractivity contribution is 7.08. The number of halogens is 2. The molecule has 2 aromatic heterocycles. The Kier molecular flexibility index (Phi) is 5.45. The Labute approximate surface area is 153 Å². The summed E-state index contributed by atoms with van der Waals surface area (Å²) in [7, 11) is 1.61. The second kappa shape index (κ2) is 7.76. The van der Waals surface area contributed by atoms with Crippen molar-refractivity contribution in [2.45, 2.75) is 19.4 Å². The number of thiophene rings is 1. The number of carbonyl (C=O) groups is 1. The van der Waals surface area contributed by atoms with E-state index < -0.39 is 5.82 Å². The number of hydrogen-bond acceptors (Lipinski definition) is 5. The van der Waals surface area contributed by atoms with Crippen LogP contribution in [0.4, 0.5) is 4.39 Å². The maximum Gasteiger partial charge on any atom is 0.248 e. The van der Waals surface area contributed by atoms with Gasteiger partial charge in [0, 0.05) is 48.0 Å². The molecular weight excluding hydrogens is 365 g/mol. The molecule has 0 unspecified atom stereocenters. The van der Waals surface area contributed by atoms with E-state index in [4.69, 9.17) is 16.0 Å². The Balaban J connectivity index is 1.57. The van der Waals surface area contributed by atoms with Crippen LogP contribution in [0.3, 0.4) is 0 Å². The minimum absolute atomic E-state index is 0.105. The van der Waals surface area contributed by atoms with Gasteiger partial charge in [0.15, 0.2) is 0 Å². The topological polar surface area (TPSA) is 59.2 Å². The number of nitrogens with zero attached hydrogens (tertiary/aromatic N) is 3. The van der Waals surface area contributed by atoms with Crippen molar-refractivity contribution in [1.82, 2.24) is 15.1 Å². The fraction of sp³-hybridized carbons (Fsp3) is 0.235. The van der Waals surface area contributed by atoms with Crippen LogP contribution >= 0.6 is 22.9 Å². The van der Waals surface area contributed by atoms with Crippen LogP contribution < -0.4 is 0 Å². The molecule has 0 spiro atoms. The number of benzene rings is 1. The van der Waals surface area contributed by atoms with Gasteiger partial charge in [-0.1, -0.05) is 17.7 Å². The second-order valence-electron chi connectivity index (χ2n) is 5.46. The van der Waals surface area contributed by atoms with Crippen molar-refractivity contribution in [3.05, 3.63) is 57.3 Å². The Morgan fingerprint density at radius 2 is 2.20 bits per heavy atom. The average molecular weight is 380 g/mol. The molecule has 0 atom stereocenters. The quantitative estimate of drug-likeness (QED) is 0.644. The molecule has 25 heavy (non-hydrogen) atoms. The van der Waals surface area contributed by atoms with Crippen LogP contribution in [-0.2, 0) is 17.8 Å². The lowest BCUT2D eigenvalue weighted by atomic mass is 10.2. The van der Waals surface area contributed by atoms with Crippen LogP contribution in [0.1, 0.15) is 17.9 Å². The van der Waals surface area contributed by atoms with Crippen LogP contribution in [0.2, 0.25) is 5.02 Å². The molecule has 0 aliphatic heterocycles. The fourth-order valence-corrected chi connectivity index (χ4v) is 3.12. The molecule has 0 N–H and O–H groups in total. The molecular formula is C17H15ClFN3O2S. The highest BCUT2D eigenvalue weighted by Crippen LogP contribution is 2.22. The minimum Gasteiger partial charge on any atom is -0.421 e. The van der Waals surface area contributed by atoms with Gasteiger partial charge in [-0.25, -0.2) is 4.39 Å². The third-order valence-corrected chi connectivity index (χ3v) is 4.71.